The lowest BCUT2D eigenvalue weighted by atomic mass is 10.2. The molecule has 0 aliphatic heterocycles. The first kappa shape index (κ1) is 11.7. The van der Waals surface area contributed by atoms with Gasteiger partial charge in [-0.1, -0.05) is 0 Å². The summed E-state index contributed by atoms with van der Waals surface area (Å²) in [4.78, 5) is 0. The van der Waals surface area contributed by atoms with E-state index in [2.05, 4.69) is 24.6 Å². The Morgan fingerprint density at radius 2 is 2.21 bits per heavy atom. The minimum absolute atomic E-state index is 0.555. The van der Waals surface area contributed by atoms with Crippen LogP contribution in [0, 0.1) is 13.8 Å². The molecule has 0 aliphatic carbocycles. The van der Waals surface area contributed by atoms with Gasteiger partial charge < -0.3 is 9.73 Å². The highest BCUT2D eigenvalue weighted by Crippen LogP contribution is 2.13. The van der Waals surface area contributed by atoms with Crippen LogP contribution in [0.5, 0.6) is 0 Å². The van der Waals surface area contributed by atoms with Crippen molar-refractivity contribution in [3.05, 3.63) is 23.2 Å². The number of hydrogen-bond donors (Lipinski definition) is 1. The number of hydrogen-bond acceptors (Lipinski definition) is 3. The van der Waals surface area contributed by atoms with Gasteiger partial charge in [0, 0.05) is 23.9 Å². The third-order valence-corrected chi connectivity index (χ3v) is 3.03. The molecule has 1 unspecified atom stereocenters. The largest absolute Gasteiger partial charge is 0.466 e. The summed E-state index contributed by atoms with van der Waals surface area (Å²) < 4.78 is 5.46. The van der Waals surface area contributed by atoms with Crippen LogP contribution in [-0.4, -0.2) is 18.1 Å². The molecule has 1 N–H and O–H groups in total. The molecule has 0 aromatic carbocycles. The molecule has 1 heterocycles. The SMILES string of the molecule is CSCC(C)NCc1cc(C)oc1C. The number of aryl methyl sites for hydroxylation is 2. The first-order valence-electron chi connectivity index (χ1n) is 4.91. The maximum atomic E-state index is 5.46. The Hall–Kier alpha value is -0.410. The van der Waals surface area contributed by atoms with Crippen molar-refractivity contribution in [3.63, 3.8) is 0 Å². The van der Waals surface area contributed by atoms with Gasteiger partial charge in [-0.2, -0.15) is 11.8 Å². The Bertz CT molecular complexity index is 283. The summed E-state index contributed by atoms with van der Waals surface area (Å²) in [5.41, 5.74) is 1.27. The van der Waals surface area contributed by atoms with E-state index in [9.17, 15) is 0 Å². The maximum absolute atomic E-state index is 5.46. The summed E-state index contributed by atoms with van der Waals surface area (Å²) in [6.07, 6.45) is 2.13. The van der Waals surface area contributed by atoms with E-state index in [-0.39, 0.29) is 0 Å². The quantitative estimate of drug-likeness (QED) is 0.814. The second kappa shape index (κ2) is 5.47. The average molecular weight is 213 g/mol. The number of furan rings is 1. The molecule has 1 aromatic heterocycles. The molecule has 0 radical (unpaired) electrons. The van der Waals surface area contributed by atoms with Crippen molar-refractivity contribution in [1.29, 1.82) is 0 Å². The van der Waals surface area contributed by atoms with E-state index in [1.54, 1.807) is 0 Å². The Balaban J connectivity index is 2.41. The smallest absolute Gasteiger partial charge is 0.105 e. The molecule has 0 spiro atoms. The first-order valence-corrected chi connectivity index (χ1v) is 6.31. The van der Waals surface area contributed by atoms with Crippen molar-refractivity contribution < 1.29 is 4.42 Å². The third kappa shape index (κ3) is 3.39. The van der Waals surface area contributed by atoms with Gasteiger partial charge in [0.1, 0.15) is 11.5 Å². The standard InChI is InChI=1S/C11H19NOS/c1-8(7-14-4)12-6-11-5-9(2)13-10(11)3/h5,8,12H,6-7H2,1-4H3. The zero-order valence-electron chi connectivity index (χ0n) is 9.39. The minimum atomic E-state index is 0.555. The lowest BCUT2D eigenvalue weighted by molar-refractivity contribution is 0.496. The monoisotopic (exact) mass is 213 g/mol. The highest BCUT2D eigenvalue weighted by molar-refractivity contribution is 7.98. The van der Waals surface area contributed by atoms with Crippen LogP contribution in [0.2, 0.25) is 0 Å². The van der Waals surface area contributed by atoms with Crippen LogP contribution < -0.4 is 5.32 Å². The summed E-state index contributed by atoms with van der Waals surface area (Å²) >= 11 is 1.87. The Morgan fingerprint density at radius 3 is 2.71 bits per heavy atom. The number of thioether (sulfide) groups is 1. The summed E-state index contributed by atoms with van der Waals surface area (Å²) in [5, 5.41) is 3.47. The molecular formula is C11H19NOS. The van der Waals surface area contributed by atoms with Gasteiger partial charge in [0.15, 0.2) is 0 Å². The normalized spacial score (nSPS) is 13.1. The van der Waals surface area contributed by atoms with Crippen molar-refractivity contribution in [2.45, 2.75) is 33.4 Å². The Kier molecular flexibility index (Phi) is 4.55. The molecule has 3 heteroatoms. The van der Waals surface area contributed by atoms with Crippen molar-refractivity contribution in [2.75, 3.05) is 12.0 Å². The van der Waals surface area contributed by atoms with E-state index in [4.69, 9.17) is 4.42 Å². The molecule has 0 aliphatic rings. The van der Waals surface area contributed by atoms with E-state index in [1.165, 1.54) is 5.56 Å². The molecule has 0 saturated heterocycles. The van der Waals surface area contributed by atoms with Crippen LogP contribution >= 0.6 is 11.8 Å². The van der Waals surface area contributed by atoms with Gasteiger partial charge in [0.2, 0.25) is 0 Å². The fourth-order valence-electron chi connectivity index (χ4n) is 1.45. The molecule has 80 valence electrons. The van der Waals surface area contributed by atoms with Crippen molar-refractivity contribution >= 4 is 11.8 Å². The molecule has 2 nitrogen and oxygen atoms in total. The molecular weight excluding hydrogens is 194 g/mol. The maximum Gasteiger partial charge on any atom is 0.105 e. The summed E-state index contributed by atoms with van der Waals surface area (Å²) in [6, 6.07) is 2.66. The van der Waals surface area contributed by atoms with Gasteiger partial charge in [-0.15, -0.1) is 0 Å². The lowest BCUT2D eigenvalue weighted by Gasteiger charge is -2.11. The fraction of sp³-hybridized carbons (Fsp3) is 0.636. The molecule has 14 heavy (non-hydrogen) atoms. The predicted octanol–water partition coefficient (Wildman–Crippen LogP) is 2.74. The molecule has 0 saturated carbocycles. The van der Waals surface area contributed by atoms with E-state index in [0.29, 0.717) is 6.04 Å². The van der Waals surface area contributed by atoms with E-state index in [0.717, 1.165) is 23.8 Å². The second-order valence-corrected chi connectivity index (χ2v) is 4.59. The predicted molar refractivity (Wildman–Crippen MR) is 62.9 cm³/mol. The summed E-state index contributed by atoms with van der Waals surface area (Å²) in [6.45, 7) is 7.12. The highest BCUT2D eigenvalue weighted by Gasteiger charge is 2.05. The fourth-order valence-corrected chi connectivity index (χ4v) is 2.07. The van der Waals surface area contributed by atoms with Crippen LogP contribution in [0.1, 0.15) is 24.0 Å². The van der Waals surface area contributed by atoms with Gasteiger partial charge in [-0.25, -0.2) is 0 Å². The van der Waals surface area contributed by atoms with Gasteiger partial charge in [-0.05, 0) is 33.1 Å². The minimum Gasteiger partial charge on any atom is -0.466 e. The van der Waals surface area contributed by atoms with Gasteiger partial charge in [0.25, 0.3) is 0 Å². The second-order valence-electron chi connectivity index (χ2n) is 3.68. The van der Waals surface area contributed by atoms with E-state index < -0.39 is 0 Å². The van der Waals surface area contributed by atoms with Crippen molar-refractivity contribution in [1.82, 2.24) is 5.32 Å². The molecule has 1 rings (SSSR count). The Morgan fingerprint density at radius 1 is 1.50 bits per heavy atom. The molecule has 1 aromatic rings. The van der Waals surface area contributed by atoms with Gasteiger partial charge >= 0.3 is 0 Å². The third-order valence-electron chi connectivity index (χ3n) is 2.20. The zero-order valence-corrected chi connectivity index (χ0v) is 10.2. The van der Waals surface area contributed by atoms with E-state index >= 15 is 0 Å². The van der Waals surface area contributed by atoms with Crippen LogP contribution in [-0.2, 0) is 6.54 Å². The topological polar surface area (TPSA) is 25.2 Å². The lowest BCUT2D eigenvalue weighted by Crippen LogP contribution is -2.27. The number of rotatable bonds is 5. The zero-order chi connectivity index (χ0) is 10.6. The molecule has 0 bridgehead atoms. The van der Waals surface area contributed by atoms with E-state index in [1.807, 2.05) is 25.6 Å². The Labute approximate surface area is 90.5 Å². The average Bonchev–Trinajstić information content (AvgIpc) is 2.42. The summed E-state index contributed by atoms with van der Waals surface area (Å²) in [5.74, 6) is 3.18. The highest BCUT2D eigenvalue weighted by atomic mass is 32.2. The van der Waals surface area contributed by atoms with Crippen molar-refractivity contribution in [3.8, 4) is 0 Å². The van der Waals surface area contributed by atoms with Crippen molar-refractivity contribution in [2.24, 2.45) is 0 Å². The van der Waals surface area contributed by atoms with Crippen LogP contribution in [0.25, 0.3) is 0 Å². The van der Waals surface area contributed by atoms with Gasteiger partial charge in [0.05, 0.1) is 0 Å². The molecule has 0 amide bonds. The first-order chi connectivity index (χ1) is 6.63. The summed E-state index contributed by atoms with van der Waals surface area (Å²) in [7, 11) is 0. The molecule has 0 fully saturated rings. The van der Waals surface area contributed by atoms with Crippen LogP contribution in [0.15, 0.2) is 10.5 Å². The number of nitrogens with one attached hydrogen (secondary N) is 1. The van der Waals surface area contributed by atoms with Crippen LogP contribution in [0.4, 0.5) is 0 Å². The molecule has 1 atom stereocenters. The van der Waals surface area contributed by atoms with Gasteiger partial charge in [-0.3, -0.25) is 0 Å². The van der Waals surface area contributed by atoms with Crippen LogP contribution in [0.3, 0.4) is 0 Å².